The summed E-state index contributed by atoms with van der Waals surface area (Å²) in [6.07, 6.45) is 3.31. The third-order valence-electron chi connectivity index (χ3n) is 4.57. The highest BCUT2D eigenvalue weighted by atomic mass is 32.2. The van der Waals surface area contributed by atoms with Crippen molar-refractivity contribution in [2.75, 3.05) is 25.9 Å². The lowest BCUT2D eigenvalue weighted by Crippen LogP contribution is -2.43. The first-order valence-electron chi connectivity index (χ1n) is 8.48. The second kappa shape index (κ2) is 7.13. The maximum atomic E-state index is 12.2. The highest BCUT2D eigenvalue weighted by molar-refractivity contribution is 7.88. The van der Waals surface area contributed by atoms with Crippen molar-refractivity contribution in [3.63, 3.8) is 0 Å². The quantitative estimate of drug-likeness (QED) is 0.833. The number of carbonyl (C=O) groups is 1. The smallest absolute Gasteiger partial charge is 0.224 e. The van der Waals surface area contributed by atoms with Crippen LogP contribution in [0.2, 0.25) is 0 Å². The van der Waals surface area contributed by atoms with Gasteiger partial charge in [0.25, 0.3) is 0 Å². The molecule has 1 amide bonds. The Morgan fingerprint density at radius 1 is 1.44 bits per heavy atom. The second-order valence-corrected chi connectivity index (χ2v) is 8.77. The van der Waals surface area contributed by atoms with Crippen molar-refractivity contribution in [3.8, 4) is 0 Å². The van der Waals surface area contributed by atoms with Crippen LogP contribution in [0, 0.1) is 12.8 Å². The number of benzene rings is 1. The van der Waals surface area contributed by atoms with Gasteiger partial charge in [0.2, 0.25) is 15.9 Å². The number of rotatable bonds is 5. The largest absolute Gasteiger partial charge is 0.355 e. The van der Waals surface area contributed by atoms with Crippen LogP contribution in [-0.4, -0.2) is 54.5 Å². The minimum absolute atomic E-state index is 0.0490. The van der Waals surface area contributed by atoms with Crippen LogP contribution < -0.4 is 5.32 Å². The summed E-state index contributed by atoms with van der Waals surface area (Å²) in [6, 6.07) is 5.77. The molecule has 2 aromatic rings. The van der Waals surface area contributed by atoms with Gasteiger partial charge in [0, 0.05) is 19.6 Å². The van der Waals surface area contributed by atoms with E-state index in [0.717, 1.165) is 35.3 Å². The summed E-state index contributed by atoms with van der Waals surface area (Å²) in [6.45, 7) is 3.47. The molecule has 0 aliphatic carbocycles. The predicted octanol–water partition coefficient (Wildman–Crippen LogP) is 1.20. The Bertz CT molecular complexity index is 875. The minimum atomic E-state index is -3.15. The van der Waals surface area contributed by atoms with Gasteiger partial charge in [-0.05, 0) is 43.4 Å². The molecule has 1 aromatic carbocycles. The van der Waals surface area contributed by atoms with Crippen LogP contribution in [0.4, 0.5) is 0 Å². The first kappa shape index (κ1) is 17.9. The Balaban J connectivity index is 1.53. The van der Waals surface area contributed by atoms with E-state index in [0.29, 0.717) is 26.1 Å². The molecule has 25 heavy (non-hydrogen) atoms. The number of aryl methyl sites for hydroxylation is 1. The number of imidazole rings is 1. The summed E-state index contributed by atoms with van der Waals surface area (Å²) in [5.74, 6) is 0.974. The number of aromatic amines is 1. The Hall–Kier alpha value is -1.93. The molecule has 136 valence electrons. The van der Waals surface area contributed by atoms with E-state index in [-0.39, 0.29) is 11.8 Å². The van der Waals surface area contributed by atoms with Gasteiger partial charge in [0.1, 0.15) is 5.82 Å². The zero-order chi connectivity index (χ0) is 18.0. The number of carbonyl (C=O) groups excluding carboxylic acids is 1. The summed E-state index contributed by atoms with van der Waals surface area (Å²) in [5.41, 5.74) is 2.75. The predicted molar refractivity (Wildman–Crippen MR) is 96.7 cm³/mol. The van der Waals surface area contributed by atoms with Crippen LogP contribution in [0.3, 0.4) is 0 Å². The summed E-state index contributed by atoms with van der Waals surface area (Å²) < 4.78 is 24.8. The fourth-order valence-corrected chi connectivity index (χ4v) is 4.24. The Morgan fingerprint density at radius 3 is 3.00 bits per heavy atom. The fourth-order valence-electron chi connectivity index (χ4n) is 3.30. The lowest BCUT2D eigenvalue weighted by molar-refractivity contribution is -0.120. The van der Waals surface area contributed by atoms with Crippen LogP contribution in [0.15, 0.2) is 18.2 Å². The summed E-state index contributed by atoms with van der Waals surface area (Å²) in [7, 11) is -3.15. The molecule has 7 nitrogen and oxygen atoms in total. The molecule has 1 atom stereocenters. The van der Waals surface area contributed by atoms with Crippen molar-refractivity contribution in [1.82, 2.24) is 19.6 Å². The van der Waals surface area contributed by atoms with Crippen molar-refractivity contribution in [1.29, 1.82) is 0 Å². The van der Waals surface area contributed by atoms with E-state index in [9.17, 15) is 13.2 Å². The number of piperidine rings is 1. The minimum Gasteiger partial charge on any atom is -0.355 e. The molecule has 1 aliphatic rings. The zero-order valence-corrected chi connectivity index (χ0v) is 15.4. The van der Waals surface area contributed by atoms with Crippen LogP contribution in [0.25, 0.3) is 11.0 Å². The van der Waals surface area contributed by atoms with Crippen LogP contribution >= 0.6 is 0 Å². The molecule has 0 spiro atoms. The normalized spacial score (nSPS) is 19.2. The highest BCUT2D eigenvalue weighted by Crippen LogP contribution is 2.18. The number of nitrogens with one attached hydrogen (secondary N) is 2. The second-order valence-electron chi connectivity index (χ2n) is 6.78. The van der Waals surface area contributed by atoms with E-state index in [1.165, 1.54) is 10.6 Å². The zero-order valence-electron chi connectivity index (χ0n) is 14.6. The van der Waals surface area contributed by atoms with E-state index in [4.69, 9.17) is 0 Å². The van der Waals surface area contributed by atoms with E-state index in [1.807, 2.05) is 25.1 Å². The van der Waals surface area contributed by atoms with Crippen molar-refractivity contribution in [2.24, 2.45) is 5.92 Å². The Labute approximate surface area is 147 Å². The molecule has 1 saturated heterocycles. The molecular formula is C17H24N4O3S. The van der Waals surface area contributed by atoms with Crippen LogP contribution in [0.5, 0.6) is 0 Å². The first-order valence-corrected chi connectivity index (χ1v) is 10.3. The highest BCUT2D eigenvalue weighted by Gasteiger charge is 2.25. The number of sulfonamides is 1. The number of hydrogen-bond donors (Lipinski definition) is 2. The van der Waals surface area contributed by atoms with Gasteiger partial charge in [-0.3, -0.25) is 4.79 Å². The summed E-state index contributed by atoms with van der Waals surface area (Å²) in [5, 5.41) is 2.94. The molecule has 0 saturated carbocycles. The molecule has 2 N–H and O–H groups in total. The third-order valence-corrected chi connectivity index (χ3v) is 5.84. The van der Waals surface area contributed by atoms with Crippen molar-refractivity contribution < 1.29 is 13.2 Å². The average molecular weight is 364 g/mol. The van der Waals surface area contributed by atoms with Crippen molar-refractivity contribution >= 4 is 27.0 Å². The van der Waals surface area contributed by atoms with Gasteiger partial charge in [-0.2, -0.15) is 0 Å². The van der Waals surface area contributed by atoms with Gasteiger partial charge in [-0.25, -0.2) is 17.7 Å². The van der Waals surface area contributed by atoms with Gasteiger partial charge in [0.05, 0.1) is 23.7 Å². The molecule has 1 aliphatic heterocycles. The molecule has 1 unspecified atom stereocenters. The molecule has 2 heterocycles. The fraction of sp³-hybridized carbons (Fsp3) is 0.529. The van der Waals surface area contributed by atoms with Gasteiger partial charge < -0.3 is 10.3 Å². The number of hydrogen-bond acceptors (Lipinski definition) is 4. The Kier molecular flexibility index (Phi) is 5.10. The lowest BCUT2D eigenvalue weighted by atomic mass is 9.99. The molecule has 1 fully saturated rings. The van der Waals surface area contributed by atoms with Crippen molar-refractivity contribution in [3.05, 3.63) is 29.6 Å². The molecule has 3 rings (SSSR count). The molecular weight excluding hydrogens is 340 g/mol. The Morgan fingerprint density at radius 2 is 2.24 bits per heavy atom. The number of aromatic nitrogens is 2. The maximum Gasteiger partial charge on any atom is 0.224 e. The molecule has 1 aromatic heterocycles. The van der Waals surface area contributed by atoms with Gasteiger partial charge >= 0.3 is 0 Å². The molecule has 0 radical (unpaired) electrons. The topological polar surface area (TPSA) is 95.2 Å². The molecule has 8 heteroatoms. The summed E-state index contributed by atoms with van der Waals surface area (Å²) >= 11 is 0. The van der Waals surface area contributed by atoms with E-state index in [1.54, 1.807) is 0 Å². The third kappa shape index (κ3) is 4.58. The lowest BCUT2D eigenvalue weighted by Gasteiger charge is -2.30. The molecule has 0 bridgehead atoms. The number of nitrogens with zero attached hydrogens (tertiary/aromatic N) is 2. The number of amides is 1. The van der Waals surface area contributed by atoms with Gasteiger partial charge in [0.15, 0.2) is 0 Å². The van der Waals surface area contributed by atoms with E-state index >= 15 is 0 Å². The van der Waals surface area contributed by atoms with Crippen molar-refractivity contribution in [2.45, 2.75) is 26.2 Å². The SMILES string of the molecule is Cc1nc2ccc(CC(=O)NCC3CCCN(S(C)(=O)=O)C3)cc2[nH]1. The van der Waals surface area contributed by atoms with Gasteiger partial charge in [-0.1, -0.05) is 6.07 Å². The van der Waals surface area contributed by atoms with E-state index < -0.39 is 10.0 Å². The number of fused-ring (bicyclic) bond motifs is 1. The average Bonchev–Trinajstić information content (AvgIpc) is 2.92. The first-order chi connectivity index (χ1) is 11.8. The van der Waals surface area contributed by atoms with E-state index in [2.05, 4.69) is 15.3 Å². The number of H-pyrrole nitrogens is 1. The maximum absolute atomic E-state index is 12.2. The van der Waals surface area contributed by atoms with Gasteiger partial charge in [-0.15, -0.1) is 0 Å². The summed E-state index contributed by atoms with van der Waals surface area (Å²) in [4.78, 5) is 19.7. The van der Waals surface area contributed by atoms with Crippen LogP contribution in [0.1, 0.15) is 24.2 Å². The van der Waals surface area contributed by atoms with Crippen LogP contribution in [-0.2, 0) is 21.2 Å². The monoisotopic (exact) mass is 364 g/mol. The standard InChI is InChI=1S/C17H24N4O3S/c1-12-19-15-6-5-13(8-16(15)20-12)9-17(22)18-10-14-4-3-7-21(11-14)25(2,23)24/h5-6,8,14H,3-4,7,9-11H2,1-2H3,(H,18,22)(H,19,20).